The molecule has 8 heteroatoms. The third kappa shape index (κ3) is 6.37. The van der Waals surface area contributed by atoms with Gasteiger partial charge in [-0.25, -0.2) is 9.18 Å². The van der Waals surface area contributed by atoms with Crippen molar-refractivity contribution in [3.8, 4) is 0 Å². The second-order valence-corrected chi connectivity index (χ2v) is 7.60. The summed E-state index contributed by atoms with van der Waals surface area (Å²) in [6.45, 7) is 3.06. The lowest BCUT2D eigenvalue weighted by Gasteiger charge is -2.30. The van der Waals surface area contributed by atoms with E-state index < -0.39 is 42.8 Å². The zero-order valence-electron chi connectivity index (χ0n) is 18.9. The number of halogens is 1. The van der Waals surface area contributed by atoms with E-state index in [4.69, 9.17) is 19.0 Å². The molecule has 33 heavy (non-hydrogen) atoms. The summed E-state index contributed by atoms with van der Waals surface area (Å²) in [6, 6.07) is 17.8. The van der Waals surface area contributed by atoms with Crippen molar-refractivity contribution in [2.75, 3.05) is 19.9 Å². The van der Waals surface area contributed by atoms with Crippen LogP contribution in [0, 0.1) is 5.92 Å². The fraction of sp³-hybridized carbons (Fsp3) is 0.440. The average molecular weight is 460 g/mol. The third-order valence-electron chi connectivity index (χ3n) is 5.37. The Morgan fingerprint density at radius 1 is 0.939 bits per heavy atom. The van der Waals surface area contributed by atoms with Gasteiger partial charge >= 0.3 is 11.9 Å². The molecule has 2 aromatic rings. The molecule has 0 radical (unpaired) electrons. The fourth-order valence-electron chi connectivity index (χ4n) is 3.89. The molecule has 1 aliphatic heterocycles. The molecule has 0 N–H and O–H groups in total. The molecule has 3 rings (SSSR count). The zero-order chi connectivity index (χ0) is 23.6. The number of benzene rings is 2. The number of esters is 2. The molecule has 0 amide bonds. The molecule has 0 spiro atoms. The number of carbonyl (C=O) groups is 2. The average Bonchev–Trinajstić information content (AvgIpc) is 3.20. The molecule has 0 aliphatic carbocycles. The number of hydrogen-bond acceptors (Lipinski definition) is 7. The summed E-state index contributed by atoms with van der Waals surface area (Å²) in [7, 11) is 0. The predicted molar refractivity (Wildman–Crippen MR) is 118 cm³/mol. The van der Waals surface area contributed by atoms with Gasteiger partial charge in [0.1, 0.15) is 18.7 Å². The summed E-state index contributed by atoms with van der Waals surface area (Å²) < 4.78 is 30.6. The van der Waals surface area contributed by atoms with Gasteiger partial charge in [0, 0.05) is 6.54 Å². The molecule has 1 saturated heterocycles. The lowest BCUT2D eigenvalue weighted by molar-refractivity contribution is -0.203. The van der Waals surface area contributed by atoms with Crippen molar-refractivity contribution < 1.29 is 33.0 Å². The van der Waals surface area contributed by atoms with Crippen LogP contribution in [0.5, 0.6) is 0 Å². The predicted octanol–water partition coefficient (Wildman–Crippen LogP) is 3.47. The number of carbonyl (C=O) groups excluding carboxylic acids is 2. The summed E-state index contributed by atoms with van der Waals surface area (Å²) in [5, 5.41) is 1.45. The van der Waals surface area contributed by atoms with Crippen LogP contribution in [0.3, 0.4) is 0 Å². The Morgan fingerprint density at radius 2 is 1.52 bits per heavy atom. The van der Waals surface area contributed by atoms with E-state index >= 15 is 0 Å². The Balaban J connectivity index is 1.92. The van der Waals surface area contributed by atoms with Crippen molar-refractivity contribution in [1.29, 1.82) is 0 Å². The van der Waals surface area contributed by atoms with Gasteiger partial charge in [0.05, 0.1) is 25.9 Å². The van der Waals surface area contributed by atoms with Crippen LogP contribution in [0.1, 0.15) is 25.0 Å². The van der Waals surface area contributed by atoms with Crippen LogP contribution in [-0.4, -0.2) is 55.1 Å². The van der Waals surface area contributed by atoms with Crippen LogP contribution >= 0.6 is 0 Å². The number of hydroxylamine groups is 2. The first-order valence-corrected chi connectivity index (χ1v) is 11.1. The van der Waals surface area contributed by atoms with Crippen molar-refractivity contribution in [1.82, 2.24) is 5.06 Å². The van der Waals surface area contributed by atoms with E-state index in [1.54, 1.807) is 13.8 Å². The van der Waals surface area contributed by atoms with Crippen LogP contribution in [-0.2, 0) is 41.8 Å². The molecule has 0 bridgehead atoms. The monoisotopic (exact) mass is 459 g/mol. The summed E-state index contributed by atoms with van der Waals surface area (Å²) in [6.07, 6.45) is -2.30. The van der Waals surface area contributed by atoms with Gasteiger partial charge < -0.3 is 14.2 Å². The summed E-state index contributed by atoms with van der Waals surface area (Å²) in [5.41, 5.74) is 1.73. The van der Waals surface area contributed by atoms with Gasteiger partial charge in [-0.05, 0) is 25.0 Å². The smallest absolute Gasteiger partial charge is 0.338 e. The third-order valence-corrected chi connectivity index (χ3v) is 5.37. The minimum Gasteiger partial charge on any atom is -0.466 e. The molecule has 2 aromatic carbocycles. The maximum absolute atomic E-state index is 14.3. The van der Waals surface area contributed by atoms with Crippen molar-refractivity contribution >= 4 is 11.9 Å². The first kappa shape index (κ1) is 24.8. The maximum atomic E-state index is 14.3. The van der Waals surface area contributed by atoms with Crippen LogP contribution in [0.15, 0.2) is 60.7 Å². The molecule has 0 unspecified atom stereocenters. The summed E-state index contributed by atoms with van der Waals surface area (Å²) >= 11 is 0. The molecule has 178 valence electrons. The highest BCUT2D eigenvalue weighted by Crippen LogP contribution is 2.35. The van der Waals surface area contributed by atoms with Gasteiger partial charge in [-0.15, -0.1) is 0 Å². The Labute approximate surface area is 193 Å². The quantitative estimate of drug-likeness (QED) is 0.477. The Hall–Kier alpha value is -2.81. The van der Waals surface area contributed by atoms with E-state index in [2.05, 4.69) is 0 Å². The van der Waals surface area contributed by atoms with Crippen molar-refractivity contribution in [2.24, 2.45) is 5.92 Å². The molecular weight excluding hydrogens is 429 g/mol. The van der Waals surface area contributed by atoms with E-state index in [1.165, 1.54) is 5.06 Å². The molecule has 1 aliphatic rings. The maximum Gasteiger partial charge on any atom is 0.338 e. The molecular formula is C25H30FNO6. The molecule has 7 nitrogen and oxygen atoms in total. The first-order valence-electron chi connectivity index (χ1n) is 11.1. The van der Waals surface area contributed by atoms with E-state index in [-0.39, 0.29) is 26.4 Å². The highest BCUT2D eigenvalue weighted by molar-refractivity contribution is 5.85. The zero-order valence-corrected chi connectivity index (χ0v) is 18.9. The van der Waals surface area contributed by atoms with E-state index in [9.17, 15) is 14.0 Å². The molecule has 0 aromatic heterocycles. The van der Waals surface area contributed by atoms with Crippen molar-refractivity contribution in [2.45, 2.75) is 45.2 Å². The lowest BCUT2D eigenvalue weighted by atomic mass is 9.90. The first-order chi connectivity index (χ1) is 16.1. The highest BCUT2D eigenvalue weighted by atomic mass is 19.1. The topological polar surface area (TPSA) is 74.3 Å². The van der Waals surface area contributed by atoms with Crippen LogP contribution < -0.4 is 0 Å². The Bertz CT molecular complexity index is 881. The second kappa shape index (κ2) is 12.4. The highest BCUT2D eigenvalue weighted by Gasteiger charge is 2.55. The van der Waals surface area contributed by atoms with Gasteiger partial charge in [-0.1, -0.05) is 60.7 Å². The normalized spacial score (nSPS) is 21.5. The second-order valence-electron chi connectivity index (χ2n) is 7.60. The fourth-order valence-corrected chi connectivity index (χ4v) is 3.89. The van der Waals surface area contributed by atoms with Crippen LogP contribution in [0.2, 0.25) is 0 Å². The van der Waals surface area contributed by atoms with E-state index in [0.29, 0.717) is 0 Å². The largest absolute Gasteiger partial charge is 0.466 e. The van der Waals surface area contributed by atoms with Gasteiger partial charge in [-0.2, -0.15) is 5.06 Å². The number of ether oxygens (including phenoxy) is 3. The molecule has 4 atom stereocenters. The molecule has 1 fully saturated rings. The molecule has 0 saturated carbocycles. The van der Waals surface area contributed by atoms with E-state index in [0.717, 1.165) is 11.1 Å². The van der Waals surface area contributed by atoms with Crippen molar-refractivity contribution in [3.05, 3.63) is 71.8 Å². The number of alkyl halides is 1. The van der Waals surface area contributed by atoms with E-state index in [1.807, 2.05) is 60.7 Å². The van der Waals surface area contributed by atoms with Crippen LogP contribution in [0.25, 0.3) is 0 Å². The summed E-state index contributed by atoms with van der Waals surface area (Å²) in [4.78, 5) is 31.6. The number of hydrogen-bond donors (Lipinski definition) is 0. The standard InChI is InChI=1S/C25H30FNO6/c1-3-30-24(28)21-22(20(15-26)32-17-19-13-9-6-10-14-19)27(16-18-11-7-5-8-12-18)33-23(21)25(29)31-4-2/h5-14,20-23H,3-4,15-17H2,1-2H3/t20-,21-,22-,23-/m0/s1. The number of nitrogens with zero attached hydrogens (tertiary/aromatic N) is 1. The van der Waals surface area contributed by atoms with Crippen molar-refractivity contribution in [3.63, 3.8) is 0 Å². The minimum absolute atomic E-state index is 0.113. The summed E-state index contributed by atoms with van der Waals surface area (Å²) in [5.74, 6) is -2.46. The Kier molecular flexibility index (Phi) is 9.35. The molecule has 1 heterocycles. The van der Waals surface area contributed by atoms with Crippen LogP contribution in [0.4, 0.5) is 4.39 Å². The SMILES string of the molecule is CCOC(=O)[C@H]1[C@H]([C@H](CF)OCc2ccccc2)N(Cc2ccccc2)O[C@@H]1C(=O)OCC. The lowest BCUT2D eigenvalue weighted by Crippen LogP contribution is -2.48. The minimum atomic E-state index is -1.26. The van der Waals surface area contributed by atoms with Gasteiger partial charge in [0.15, 0.2) is 6.10 Å². The Morgan fingerprint density at radius 3 is 2.09 bits per heavy atom. The van der Waals surface area contributed by atoms with Gasteiger partial charge in [0.25, 0.3) is 0 Å². The van der Waals surface area contributed by atoms with Gasteiger partial charge in [-0.3, -0.25) is 9.63 Å². The number of rotatable bonds is 11. The van der Waals surface area contributed by atoms with Gasteiger partial charge in [0.2, 0.25) is 0 Å².